The second kappa shape index (κ2) is 6.11. The zero-order valence-corrected chi connectivity index (χ0v) is 15.3. The largest absolute Gasteiger partial charge is 0.493 e. The standard InChI is InChI=1S/C13H10N4O2S4/c1-16-10(18)8(22-12(16)20)4-6-3-7(15-14-6)5-9-11(19)17(2)13(21)23-9/h3-5,18H,1-2H3/b6-4+,9-5-. The van der Waals surface area contributed by atoms with Gasteiger partial charge in [-0.15, -0.1) is 11.3 Å². The average Bonchev–Trinajstić information content (AvgIpc) is 3.12. The molecule has 1 N–H and O–H groups in total. The number of hydrogen-bond acceptors (Lipinski definition) is 8. The summed E-state index contributed by atoms with van der Waals surface area (Å²) in [6.07, 6.45) is 5.08. The van der Waals surface area contributed by atoms with E-state index < -0.39 is 0 Å². The van der Waals surface area contributed by atoms with Crippen molar-refractivity contribution in [2.45, 2.75) is 0 Å². The van der Waals surface area contributed by atoms with Gasteiger partial charge in [-0.25, -0.2) is 0 Å². The van der Waals surface area contributed by atoms with Gasteiger partial charge in [-0.05, 0) is 30.4 Å². The minimum absolute atomic E-state index is 0.0939. The Morgan fingerprint density at radius 3 is 2.57 bits per heavy atom. The minimum atomic E-state index is -0.146. The molecule has 0 spiro atoms. The number of azo groups is 1. The van der Waals surface area contributed by atoms with E-state index in [9.17, 15) is 9.90 Å². The monoisotopic (exact) mass is 382 g/mol. The van der Waals surface area contributed by atoms with Gasteiger partial charge >= 0.3 is 0 Å². The third-order valence-corrected chi connectivity index (χ3v) is 6.11. The maximum atomic E-state index is 12.0. The lowest BCUT2D eigenvalue weighted by molar-refractivity contribution is -0.121. The summed E-state index contributed by atoms with van der Waals surface area (Å²) in [5, 5.41) is 18.0. The van der Waals surface area contributed by atoms with Crippen LogP contribution in [0.5, 0.6) is 5.88 Å². The lowest BCUT2D eigenvalue weighted by Gasteiger charge is -2.03. The lowest BCUT2D eigenvalue weighted by Crippen LogP contribution is -2.22. The molecule has 0 atom stereocenters. The van der Waals surface area contributed by atoms with Crippen LogP contribution in [0.25, 0.3) is 6.08 Å². The molecular weight excluding hydrogens is 372 g/mol. The van der Waals surface area contributed by atoms with E-state index >= 15 is 0 Å². The summed E-state index contributed by atoms with van der Waals surface area (Å²) in [4.78, 5) is 14.5. The van der Waals surface area contributed by atoms with Gasteiger partial charge in [0.15, 0.2) is 3.95 Å². The molecule has 1 fully saturated rings. The van der Waals surface area contributed by atoms with Crippen molar-refractivity contribution in [1.29, 1.82) is 0 Å². The zero-order chi connectivity index (χ0) is 16.7. The van der Waals surface area contributed by atoms with Gasteiger partial charge in [0.25, 0.3) is 5.91 Å². The first-order valence-electron chi connectivity index (χ1n) is 6.32. The van der Waals surface area contributed by atoms with Crippen molar-refractivity contribution in [3.63, 3.8) is 0 Å². The number of hydrogen-bond donors (Lipinski definition) is 1. The average molecular weight is 383 g/mol. The molecule has 6 nitrogen and oxygen atoms in total. The Kier molecular flexibility index (Phi) is 4.32. The van der Waals surface area contributed by atoms with Gasteiger partial charge in [-0.1, -0.05) is 24.0 Å². The molecule has 3 rings (SSSR count). The zero-order valence-electron chi connectivity index (χ0n) is 12.0. The highest BCUT2D eigenvalue weighted by Gasteiger charge is 2.29. The number of amides is 1. The number of allylic oxidation sites excluding steroid dienone is 2. The Labute approximate surface area is 150 Å². The van der Waals surface area contributed by atoms with Gasteiger partial charge in [0.05, 0.1) is 21.2 Å². The van der Waals surface area contributed by atoms with Gasteiger partial charge in [0, 0.05) is 14.1 Å². The van der Waals surface area contributed by atoms with Crippen LogP contribution < -0.4 is 0 Å². The van der Waals surface area contributed by atoms with E-state index in [2.05, 4.69) is 10.2 Å². The predicted octanol–water partition coefficient (Wildman–Crippen LogP) is 3.59. The smallest absolute Gasteiger partial charge is 0.265 e. The Bertz CT molecular complexity index is 904. The third kappa shape index (κ3) is 3.07. The molecular formula is C13H10N4O2S4. The van der Waals surface area contributed by atoms with E-state index in [-0.39, 0.29) is 11.8 Å². The summed E-state index contributed by atoms with van der Waals surface area (Å²) in [6.45, 7) is 0. The van der Waals surface area contributed by atoms with Crippen molar-refractivity contribution >= 4 is 63.8 Å². The summed E-state index contributed by atoms with van der Waals surface area (Å²) in [7, 11) is 3.33. The number of likely N-dealkylation sites (N-methyl/N-ethyl adjacent to an activating group) is 1. The molecule has 0 radical (unpaired) electrons. The molecule has 0 aromatic carbocycles. The van der Waals surface area contributed by atoms with Crippen LogP contribution in [0.15, 0.2) is 38.7 Å². The van der Waals surface area contributed by atoms with Crippen molar-refractivity contribution in [3.05, 3.63) is 37.3 Å². The highest BCUT2D eigenvalue weighted by Crippen LogP contribution is 2.33. The van der Waals surface area contributed by atoms with Gasteiger partial charge in [0.2, 0.25) is 5.88 Å². The number of aromatic nitrogens is 1. The molecule has 0 bridgehead atoms. The van der Waals surface area contributed by atoms with Crippen molar-refractivity contribution in [2.24, 2.45) is 17.3 Å². The van der Waals surface area contributed by atoms with Crippen molar-refractivity contribution in [2.75, 3.05) is 7.05 Å². The van der Waals surface area contributed by atoms with E-state index in [1.807, 2.05) is 0 Å². The molecule has 1 amide bonds. The maximum absolute atomic E-state index is 12.0. The Hall–Kier alpha value is -1.62. The molecule has 3 heterocycles. The Morgan fingerprint density at radius 1 is 1.26 bits per heavy atom. The highest BCUT2D eigenvalue weighted by molar-refractivity contribution is 8.26. The van der Waals surface area contributed by atoms with Gasteiger partial charge < -0.3 is 5.11 Å². The van der Waals surface area contributed by atoms with Gasteiger partial charge in [-0.3, -0.25) is 14.3 Å². The minimum Gasteiger partial charge on any atom is -0.493 e. The summed E-state index contributed by atoms with van der Waals surface area (Å²) in [5.74, 6) is -0.0522. The fourth-order valence-corrected chi connectivity index (χ4v) is 4.17. The van der Waals surface area contributed by atoms with Gasteiger partial charge in [-0.2, -0.15) is 10.2 Å². The van der Waals surface area contributed by atoms with Crippen LogP contribution in [-0.4, -0.2) is 31.8 Å². The van der Waals surface area contributed by atoms with Crippen LogP contribution in [0, 0.1) is 3.95 Å². The fraction of sp³-hybridized carbons (Fsp3) is 0.154. The molecule has 0 saturated carbocycles. The van der Waals surface area contributed by atoms with Crippen molar-refractivity contribution in [3.8, 4) is 5.88 Å². The number of thioether (sulfide) groups is 1. The molecule has 1 saturated heterocycles. The number of rotatable bonds is 2. The summed E-state index contributed by atoms with van der Waals surface area (Å²) in [6, 6.07) is 0. The molecule has 0 unspecified atom stereocenters. The van der Waals surface area contributed by atoms with Crippen LogP contribution in [0.2, 0.25) is 0 Å². The fourth-order valence-electron chi connectivity index (χ4n) is 1.83. The molecule has 2 aliphatic rings. The van der Waals surface area contributed by atoms with Gasteiger partial charge in [0.1, 0.15) is 4.32 Å². The first-order valence-corrected chi connectivity index (χ1v) is 8.77. The summed E-state index contributed by atoms with van der Waals surface area (Å²) in [5.41, 5.74) is 1.14. The second-order valence-corrected chi connectivity index (χ2v) is 8.05. The normalized spacial score (nSPS) is 21.1. The number of aromatic hydroxyl groups is 1. The van der Waals surface area contributed by atoms with Crippen LogP contribution in [0.4, 0.5) is 0 Å². The lowest BCUT2D eigenvalue weighted by atomic mass is 10.3. The van der Waals surface area contributed by atoms with Crippen LogP contribution in [0.1, 0.15) is 4.88 Å². The van der Waals surface area contributed by atoms with Crippen LogP contribution >= 0.6 is 47.5 Å². The van der Waals surface area contributed by atoms with E-state index in [1.165, 1.54) is 32.6 Å². The van der Waals surface area contributed by atoms with E-state index in [0.29, 0.717) is 29.5 Å². The maximum Gasteiger partial charge on any atom is 0.265 e. The number of carbonyl (C=O) groups is 1. The van der Waals surface area contributed by atoms with E-state index in [1.54, 1.807) is 32.3 Å². The van der Waals surface area contributed by atoms with Crippen LogP contribution in [-0.2, 0) is 11.8 Å². The molecule has 23 heavy (non-hydrogen) atoms. The predicted molar refractivity (Wildman–Crippen MR) is 97.7 cm³/mol. The SMILES string of the molecule is CN1C(=O)/C(=C/C2=CC(=C\c3sc(=S)n(C)c3O)/N=N2)SC1=S. The number of thiazole rings is 1. The molecule has 1 aromatic heterocycles. The topological polar surface area (TPSA) is 70.2 Å². The van der Waals surface area contributed by atoms with Crippen LogP contribution in [0.3, 0.4) is 0 Å². The second-order valence-electron chi connectivity index (χ2n) is 4.69. The first-order chi connectivity index (χ1) is 10.9. The molecule has 10 heteroatoms. The molecule has 2 aliphatic heterocycles. The number of nitrogens with zero attached hydrogens (tertiary/aromatic N) is 4. The number of thiocarbonyl (C=S) groups is 1. The van der Waals surface area contributed by atoms with Crippen molar-refractivity contribution < 1.29 is 9.90 Å². The molecule has 1 aromatic rings. The Morgan fingerprint density at radius 2 is 2.00 bits per heavy atom. The molecule has 0 aliphatic carbocycles. The quantitative estimate of drug-likeness (QED) is 0.625. The van der Waals surface area contributed by atoms with E-state index in [0.717, 1.165) is 0 Å². The Balaban J connectivity index is 1.87. The van der Waals surface area contributed by atoms with E-state index in [4.69, 9.17) is 24.4 Å². The number of carbonyl (C=O) groups excluding carboxylic acids is 1. The first kappa shape index (κ1) is 16.2. The summed E-state index contributed by atoms with van der Waals surface area (Å²) >= 11 is 12.7. The summed E-state index contributed by atoms with van der Waals surface area (Å²) < 4.78 is 2.61. The van der Waals surface area contributed by atoms with Crippen molar-refractivity contribution in [1.82, 2.24) is 9.47 Å². The molecule has 118 valence electrons. The highest BCUT2D eigenvalue weighted by atomic mass is 32.2. The third-order valence-electron chi connectivity index (χ3n) is 3.13.